The van der Waals surface area contributed by atoms with Crippen LogP contribution in [-0.4, -0.2) is 41.9 Å². The van der Waals surface area contributed by atoms with Crippen LogP contribution in [0, 0.1) is 5.92 Å². The highest BCUT2D eigenvalue weighted by Gasteiger charge is 2.39. The van der Waals surface area contributed by atoms with Crippen LogP contribution in [0.2, 0.25) is 0 Å². The van der Waals surface area contributed by atoms with Gasteiger partial charge in [-0.1, -0.05) is 0 Å². The van der Waals surface area contributed by atoms with Gasteiger partial charge in [-0.05, 0) is 39.0 Å². The molecule has 0 aromatic heterocycles. The third kappa shape index (κ3) is 3.10. The van der Waals surface area contributed by atoms with Crippen LogP contribution in [-0.2, 0) is 14.3 Å². The Labute approximate surface area is 109 Å². The van der Waals surface area contributed by atoms with Gasteiger partial charge >= 0.3 is 0 Å². The maximum Gasteiger partial charge on any atom is 0.223 e. The molecule has 2 saturated heterocycles. The Kier molecular flexibility index (Phi) is 4.05. The molecule has 2 rings (SSSR count). The number of hydrogen-bond acceptors (Lipinski definition) is 3. The van der Waals surface area contributed by atoms with Crippen molar-refractivity contribution in [1.29, 1.82) is 0 Å². The van der Waals surface area contributed by atoms with Gasteiger partial charge in [0.2, 0.25) is 5.91 Å². The lowest BCUT2D eigenvalue weighted by Crippen LogP contribution is -2.42. The highest BCUT2D eigenvalue weighted by molar-refractivity contribution is 5.91. The number of rotatable bonds is 3. The van der Waals surface area contributed by atoms with Crippen LogP contribution in [0.3, 0.4) is 0 Å². The van der Waals surface area contributed by atoms with E-state index in [9.17, 15) is 9.59 Å². The summed E-state index contributed by atoms with van der Waals surface area (Å²) in [6.07, 6.45) is 4.13. The maximum absolute atomic E-state index is 12.2. The first-order chi connectivity index (χ1) is 8.49. The average Bonchev–Trinajstić information content (AvgIpc) is 2.61. The number of carbonyl (C=O) groups is 2. The summed E-state index contributed by atoms with van der Waals surface area (Å²) in [4.78, 5) is 25.4. The van der Waals surface area contributed by atoms with Crippen molar-refractivity contribution >= 4 is 11.7 Å². The number of amides is 1. The molecule has 4 heteroatoms. The van der Waals surface area contributed by atoms with Gasteiger partial charge in [0.25, 0.3) is 0 Å². The molecule has 0 aromatic carbocycles. The Morgan fingerprint density at radius 2 is 2.06 bits per heavy atom. The fourth-order valence-corrected chi connectivity index (χ4v) is 2.95. The van der Waals surface area contributed by atoms with E-state index in [2.05, 4.69) is 0 Å². The van der Waals surface area contributed by atoms with Gasteiger partial charge in [0.1, 0.15) is 0 Å². The molecule has 2 heterocycles. The van der Waals surface area contributed by atoms with Crippen LogP contribution in [0.15, 0.2) is 0 Å². The van der Waals surface area contributed by atoms with E-state index in [0.29, 0.717) is 25.3 Å². The molecular formula is C14H23NO3. The monoisotopic (exact) mass is 253 g/mol. The SMILES string of the molecule is CC1(C)CC(=O)CN1C(=O)CCC1CCOCC1. The minimum atomic E-state index is -0.288. The lowest BCUT2D eigenvalue weighted by molar-refractivity contribution is -0.135. The summed E-state index contributed by atoms with van der Waals surface area (Å²) in [7, 11) is 0. The van der Waals surface area contributed by atoms with E-state index in [4.69, 9.17) is 4.74 Å². The fraction of sp³-hybridized carbons (Fsp3) is 0.857. The molecule has 0 bridgehead atoms. The lowest BCUT2D eigenvalue weighted by Gasteiger charge is -2.31. The number of nitrogens with zero attached hydrogens (tertiary/aromatic N) is 1. The van der Waals surface area contributed by atoms with Gasteiger partial charge in [-0.2, -0.15) is 0 Å². The minimum absolute atomic E-state index is 0.136. The number of ketones is 1. The van der Waals surface area contributed by atoms with E-state index >= 15 is 0 Å². The zero-order valence-electron chi connectivity index (χ0n) is 11.4. The molecule has 0 aromatic rings. The van der Waals surface area contributed by atoms with Crippen molar-refractivity contribution in [2.45, 2.75) is 51.5 Å². The zero-order valence-corrected chi connectivity index (χ0v) is 11.4. The first kappa shape index (κ1) is 13.5. The van der Waals surface area contributed by atoms with E-state index in [-0.39, 0.29) is 17.2 Å². The molecule has 2 aliphatic rings. The van der Waals surface area contributed by atoms with Gasteiger partial charge in [0.05, 0.1) is 6.54 Å². The number of hydrogen-bond donors (Lipinski definition) is 0. The molecule has 102 valence electrons. The van der Waals surface area contributed by atoms with Crippen LogP contribution < -0.4 is 0 Å². The summed E-state index contributed by atoms with van der Waals surface area (Å²) in [6, 6.07) is 0. The normalized spacial score (nSPS) is 24.6. The third-order valence-electron chi connectivity index (χ3n) is 4.10. The van der Waals surface area contributed by atoms with Crippen molar-refractivity contribution in [1.82, 2.24) is 4.90 Å². The van der Waals surface area contributed by atoms with Crippen LogP contribution in [0.1, 0.15) is 46.0 Å². The topological polar surface area (TPSA) is 46.6 Å². The second kappa shape index (κ2) is 5.39. The largest absolute Gasteiger partial charge is 0.381 e. The molecule has 0 N–H and O–H groups in total. The van der Waals surface area contributed by atoms with Crippen molar-refractivity contribution in [3.8, 4) is 0 Å². The summed E-state index contributed by atoms with van der Waals surface area (Å²) in [5.41, 5.74) is -0.288. The van der Waals surface area contributed by atoms with E-state index < -0.39 is 0 Å². The van der Waals surface area contributed by atoms with Crippen molar-refractivity contribution in [2.75, 3.05) is 19.8 Å². The summed E-state index contributed by atoms with van der Waals surface area (Å²) in [5.74, 6) is 0.931. The molecular weight excluding hydrogens is 230 g/mol. The Hall–Kier alpha value is -0.900. The molecule has 0 aliphatic carbocycles. The Bertz CT molecular complexity index is 332. The Morgan fingerprint density at radius 1 is 1.39 bits per heavy atom. The van der Waals surface area contributed by atoms with Crippen molar-refractivity contribution in [3.05, 3.63) is 0 Å². The highest BCUT2D eigenvalue weighted by Crippen LogP contribution is 2.28. The molecule has 0 unspecified atom stereocenters. The van der Waals surface area contributed by atoms with Gasteiger partial charge in [0.15, 0.2) is 5.78 Å². The number of Topliss-reactive ketones (excluding diaryl/α,β-unsaturated/α-hetero) is 1. The van der Waals surface area contributed by atoms with Gasteiger partial charge in [-0.15, -0.1) is 0 Å². The number of likely N-dealkylation sites (tertiary alicyclic amines) is 1. The standard InChI is InChI=1S/C14H23NO3/c1-14(2)9-12(16)10-15(14)13(17)4-3-11-5-7-18-8-6-11/h11H,3-10H2,1-2H3. The molecule has 4 nitrogen and oxygen atoms in total. The number of ether oxygens (including phenoxy) is 1. The molecule has 0 spiro atoms. The molecule has 0 radical (unpaired) electrons. The lowest BCUT2D eigenvalue weighted by atomic mass is 9.94. The first-order valence-electron chi connectivity index (χ1n) is 6.89. The highest BCUT2D eigenvalue weighted by atomic mass is 16.5. The second-order valence-electron chi connectivity index (χ2n) is 6.10. The summed E-state index contributed by atoms with van der Waals surface area (Å²) >= 11 is 0. The predicted octanol–water partition coefficient (Wildman–Crippen LogP) is 1.77. The minimum Gasteiger partial charge on any atom is -0.381 e. The van der Waals surface area contributed by atoms with Gasteiger partial charge < -0.3 is 9.64 Å². The van der Waals surface area contributed by atoms with Crippen LogP contribution >= 0.6 is 0 Å². The van der Waals surface area contributed by atoms with E-state index in [0.717, 1.165) is 32.5 Å². The maximum atomic E-state index is 12.2. The van der Waals surface area contributed by atoms with Crippen molar-refractivity contribution < 1.29 is 14.3 Å². The van der Waals surface area contributed by atoms with Crippen molar-refractivity contribution in [2.24, 2.45) is 5.92 Å². The molecule has 0 atom stereocenters. The van der Waals surface area contributed by atoms with Crippen molar-refractivity contribution in [3.63, 3.8) is 0 Å². The summed E-state index contributed by atoms with van der Waals surface area (Å²) in [5, 5.41) is 0. The summed E-state index contributed by atoms with van der Waals surface area (Å²) < 4.78 is 5.31. The van der Waals surface area contributed by atoms with Crippen LogP contribution in [0.5, 0.6) is 0 Å². The van der Waals surface area contributed by atoms with E-state index in [1.54, 1.807) is 4.90 Å². The zero-order chi connectivity index (χ0) is 13.2. The van der Waals surface area contributed by atoms with Crippen LogP contribution in [0.25, 0.3) is 0 Å². The first-order valence-corrected chi connectivity index (χ1v) is 6.89. The molecule has 18 heavy (non-hydrogen) atoms. The molecule has 1 amide bonds. The molecule has 0 saturated carbocycles. The van der Waals surface area contributed by atoms with Crippen LogP contribution in [0.4, 0.5) is 0 Å². The van der Waals surface area contributed by atoms with Gasteiger partial charge in [0, 0.05) is 31.6 Å². The van der Waals surface area contributed by atoms with E-state index in [1.807, 2.05) is 13.8 Å². The average molecular weight is 253 g/mol. The van der Waals surface area contributed by atoms with Gasteiger partial charge in [-0.25, -0.2) is 0 Å². The quantitative estimate of drug-likeness (QED) is 0.770. The summed E-state index contributed by atoms with van der Waals surface area (Å²) in [6.45, 7) is 5.91. The molecule has 2 aliphatic heterocycles. The smallest absolute Gasteiger partial charge is 0.223 e. The van der Waals surface area contributed by atoms with E-state index in [1.165, 1.54) is 0 Å². The fourth-order valence-electron chi connectivity index (χ4n) is 2.95. The third-order valence-corrected chi connectivity index (χ3v) is 4.10. The molecule has 2 fully saturated rings. The Morgan fingerprint density at radius 3 is 2.61 bits per heavy atom. The Balaban J connectivity index is 1.82. The number of carbonyl (C=O) groups excluding carboxylic acids is 2. The van der Waals surface area contributed by atoms with Gasteiger partial charge in [-0.3, -0.25) is 9.59 Å². The predicted molar refractivity (Wildman–Crippen MR) is 68.2 cm³/mol. The second-order valence-corrected chi connectivity index (χ2v) is 6.10.